The van der Waals surface area contributed by atoms with Crippen molar-refractivity contribution in [3.05, 3.63) is 48.0 Å². The summed E-state index contributed by atoms with van der Waals surface area (Å²) in [4.78, 5) is 0. The summed E-state index contributed by atoms with van der Waals surface area (Å²) < 4.78 is 0. The predicted molar refractivity (Wildman–Crippen MR) is 89.1 cm³/mol. The molecule has 1 aliphatic carbocycles. The molecule has 2 nitrogen and oxygen atoms in total. The monoisotopic (exact) mass is 278 g/mol. The minimum atomic E-state index is 0.0747. The molecule has 0 spiro atoms. The SMILES string of the molecule is CC1(C#CC(=N)/C=C\C(=N)c2ccccc2)CCCCC1. The summed E-state index contributed by atoms with van der Waals surface area (Å²) in [5, 5.41) is 15.9. The fourth-order valence-corrected chi connectivity index (χ4v) is 2.60. The second-order valence-corrected chi connectivity index (χ2v) is 5.90. The van der Waals surface area contributed by atoms with E-state index in [1.807, 2.05) is 30.3 Å². The second kappa shape index (κ2) is 7.04. The van der Waals surface area contributed by atoms with Crippen LogP contribution in [0.15, 0.2) is 42.5 Å². The summed E-state index contributed by atoms with van der Waals surface area (Å²) in [6.07, 6.45) is 9.33. The topological polar surface area (TPSA) is 47.7 Å². The lowest BCUT2D eigenvalue weighted by Crippen LogP contribution is -2.17. The molecule has 1 aliphatic rings. The lowest BCUT2D eigenvalue weighted by Gasteiger charge is -2.27. The molecule has 0 atom stereocenters. The Balaban J connectivity index is 1.96. The van der Waals surface area contributed by atoms with Crippen molar-refractivity contribution < 1.29 is 0 Å². The van der Waals surface area contributed by atoms with Crippen LogP contribution in [-0.4, -0.2) is 11.4 Å². The van der Waals surface area contributed by atoms with Crippen molar-refractivity contribution >= 4 is 11.4 Å². The molecule has 0 heterocycles. The van der Waals surface area contributed by atoms with Gasteiger partial charge in [-0.05, 0) is 43.4 Å². The number of benzene rings is 1. The summed E-state index contributed by atoms with van der Waals surface area (Å²) in [7, 11) is 0. The molecule has 2 N–H and O–H groups in total. The van der Waals surface area contributed by atoms with E-state index in [2.05, 4.69) is 18.8 Å². The minimum Gasteiger partial charge on any atom is -0.300 e. The number of hydrogen-bond acceptors (Lipinski definition) is 2. The molecule has 2 rings (SSSR count). The third-order valence-corrected chi connectivity index (χ3v) is 3.96. The summed E-state index contributed by atoms with van der Waals surface area (Å²) in [6, 6.07) is 9.54. The van der Waals surface area contributed by atoms with Gasteiger partial charge in [0, 0.05) is 5.41 Å². The van der Waals surface area contributed by atoms with Gasteiger partial charge in [0.25, 0.3) is 0 Å². The van der Waals surface area contributed by atoms with Crippen LogP contribution in [-0.2, 0) is 0 Å². The standard InChI is InChI=1S/C19H22N2/c1-19(13-6-3-7-14-19)15-12-17(20)10-11-18(21)16-8-4-2-5-9-16/h2,4-5,8-11,20-21H,3,6-7,13-14H2,1H3/b11-10-,20-17?,21-18?. The smallest absolute Gasteiger partial charge is 0.104 e. The molecule has 1 aromatic carbocycles. The quantitative estimate of drug-likeness (QED) is 0.599. The minimum absolute atomic E-state index is 0.0747. The Kier molecular flexibility index (Phi) is 5.11. The third kappa shape index (κ3) is 4.72. The van der Waals surface area contributed by atoms with Crippen LogP contribution in [0.5, 0.6) is 0 Å². The van der Waals surface area contributed by atoms with Crippen molar-refractivity contribution in [1.82, 2.24) is 0 Å². The molecule has 0 aliphatic heterocycles. The van der Waals surface area contributed by atoms with Crippen molar-refractivity contribution in [3.63, 3.8) is 0 Å². The first-order valence-electron chi connectivity index (χ1n) is 7.53. The van der Waals surface area contributed by atoms with Crippen LogP contribution in [0, 0.1) is 28.1 Å². The maximum absolute atomic E-state index is 7.96. The molecule has 1 saturated carbocycles. The Bertz CT molecular complexity index is 593. The molecule has 0 saturated heterocycles. The molecular formula is C19H22N2. The average Bonchev–Trinajstić information content (AvgIpc) is 2.52. The normalized spacial score (nSPS) is 17.0. The molecule has 0 bridgehead atoms. The summed E-state index contributed by atoms with van der Waals surface area (Å²) in [5.41, 5.74) is 1.62. The molecule has 1 fully saturated rings. The van der Waals surface area contributed by atoms with E-state index < -0.39 is 0 Å². The number of rotatable bonds is 3. The van der Waals surface area contributed by atoms with Crippen molar-refractivity contribution in [3.8, 4) is 11.8 Å². The van der Waals surface area contributed by atoms with Crippen molar-refractivity contribution in [2.75, 3.05) is 0 Å². The Morgan fingerprint density at radius 3 is 2.38 bits per heavy atom. The van der Waals surface area contributed by atoms with Gasteiger partial charge in [-0.3, -0.25) is 5.41 Å². The lowest BCUT2D eigenvalue weighted by atomic mass is 9.76. The van der Waals surface area contributed by atoms with Gasteiger partial charge in [-0.25, -0.2) is 0 Å². The van der Waals surface area contributed by atoms with E-state index in [0.29, 0.717) is 5.71 Å². The van der Waals surface area contributed by atoms with Crippen molar-refractivity contribution in [1.29, 1.82) is 10.8 Å². The Hall–Kier alpha value is -2.14. The van der Waals surface area contributed by atoms with E-state index in [1.54, 1.807) is 12.2 Å². The van der Waals surface area contributed by atoms with Crippen LogP contribution >= 0.6 is 0 Å². The predicted octanol–water partition coefficient (Wildman–Crippen LogP) is 4.60. The van der Waals surface area contributed by atoms with Gasteiger partial charge in [0.2, 0.25) is 0 Å². The van der Waals surface area contributed by atoms with Crippen molar-refractivity contribution in [2.45, 2.75) is 39.0 Å². The summed E-state index contributed by atoms with van der Waals surface area (Å²) >= 11 is 0. The third-order valence-electron chi connectivity index (χ3n) is 3.96. The zero-order valence-electron chi connectivity index (χ0n) is 12.6. The Morgan fingerprint density at radius 1 is 1.05 bits per heavy atom. The molecule has 108 valence electrons. The van der Waals surface area contributed by atoms with Gasteiger partial charge < -0.3 is 5.41 Å². The first-order chi connectivity index (χ1) is 10.1. The number of nitrogens with one attached hydrogen (secondary N) is 2. The van der Waals surface area contributed by atoms with E-state index in [9.17, 15) is 0 Å². The fraction of sp³-hybridized carbons (Fsp3) is 0.368. The van der Waals surface area contributed by atoms with E-state index >= 15 is 0 Å². The lowest BCUT2D eigenvalue weighted by molar-refractivity contribution is 0.300. The average molecular weight is 278 g/mol. The maximum atomic E-state index is 7.96. The highest BCUT2D eigenvalue weighted by Crippen LogP contribution is 2.34. The zero-order chi connectivity index (χ0) is 15.1. The van der Waals surface area contributed by atoms with Gasteiger partial charge in [-0.1, -0.05) is 55.5 Å². The van der Waals surface area contributed by atoms with Gasteiger partial charge in [0.1, 0.15) is 5.71 Å². The van der Waals surface area contributed by atoms with Crippen LogP contribution in [0.1, 0.15) is 44.6 Å². The first-order valence-corrected chi connectivity index (χ1v) is 7.53. The van der Waals surface area contributed by atoms with E-state index in [4.69, 9.17) is 10.8 Å². The highest BCUT2D eigenvalue weighted by Gasteiger charge is 2.24. The fourth-order valence-electron chi connectivity index (χ4n) is 2.60. The van der Waals surface area contributed by atoms with E-state index in [-0.39, 0.29) is 11.1 Å². The van der Waals surface area contributed by atoms with Gasteiger partial charge in [-0.15, -0.1) is 0 Å². The molecule has 0 unspecified atom stereocenters. The molecule has 0 radical (unpaired) electrons. The van der Waals surface area contributed by atoms with Crippen LogP contribution in [0.4, 0.5) is 0 Å². The van der Waals surface area contributed by atoms with Crippen LogP contribution in [0.25, 0.3) is 0 Å². The Morgan fingerprint density at radius 2 is 1.71 bits per heavy atom. The second-order valence-electron chi connectivity index (χ2n) is 5.90. The first kappa shape index (κ1) is 15.3. The van der Waals surface area contributed by atoms with Crippen molar-refractivity contribution in [2.24, 2.45) is 5.41 Å². The van der Waals surface area contributed by atoms with Crippen LogP contribution < -0.4 is 0 Å². The van der Waals surface area contributed by atoms with Crippen LogP contribution in [0.3, 0.4) is 0 Å². The molecule has 0 aromatic heterocycles. The maximum Gasteiger partial charge on any atom is 0.104 e. The highest BCUT2D eigenvalue weighted by atomic mass is 14.4. The Labute approximate surface area is 127 Å². The summed E-state index contributed by atoms with van der Waals surface area (Å²) in [6.45, 7) is 2.20. The van der Waals surface area contributed by atoms with Gasteiger partial charge >= 0.3 is 0 Å². The molecule has 21 heavy (non-hydrogen) atoms. The van der Waals surface area contributed by atoms with Gasteiger partial charge in [0.15, 0.2) is 0 Å². The molecule has 1 aromatic rings. The van der Waals surface area contributed by atoms with Gasteiger partial charge in [0.05, 0.1) is 5.71 Å². The molecular weight excluding hydrogens is 256 g/mol. The summed E-state index contributed by atoms with van der Waals surface area (Å²) in [5.74, 6) is 6.21. The molecule has 2 heteroatoms. The number of allylic oxidation sites excluding steroid dienone is 2. The highest BCUT2D eigenvalue weighted by molar-refractivity contribution is 6.13. The van der Waals surface area contributed by atoms with E-state index in [0.717, 1.165) is 18.4 Å². The zero-order valence-corrected chi connectivity index (χ0v) is 12.6. The van der Waals surface area contributed by atoms with E-state index in [1.165, 1.54) is 19.3 Å². The number of hydrogen-bond donors (Lipinski definition) is 2. The largest absolute Gasteiger partial charge is 0.300 e. The molecule has 0 amide bonds. The van der Waals surface area contributed by atoms with Crippen LogP contribution in [0.2, 0.25) is 0 Å². The van der Waals surface area contributed by atoms with Gasteiger partial charge in [-0.2, -0.15) is 0 Å².